The molecule has 0 atom stereocenters. The minimum absolute atomic E-state index is 0.546. The summed E-state index contributed by atoms with van der Waals surface area (Å²) in [5.74, 6) is 1.25. The van der Waals surface area contributed by atoms with Crippen molar-refractivity contribution >= 4 is 34.4 Å². The standard InChI is InChI=1S/C17H19ClN6/c1-23-15(19)13-14(11-7-3-4-8-12(11)18)20-17(21-16(13)22-23)24-9-5-2-6-10-24/h3-4,7-8H,2,5-6,9-10,19H2,1H3. The molecule has 0 unspecified atom stereocenters. The van der Waals surface area contributed by atoms with Crippen LogP contribution in [0.5, 0.6) is 0 Å². The quantitative estimate of drug-likeness (QED) is 0.773. The molecule has 6 nitrogen and oxygen atoms in total. The zero-order chi connectivity index (χ0) is 16.7. The van der Waals surface area contributed by atoms with Gasteiger partial charge >= 0.3 is 0 Å². The number of halogens is 1. The maximum Gasteiger partial charge on any atom is 0.228 e. The maximum absolute atomic E-state index is 6.41. The van der Waals surface area contributed by atoms with E-state index in [2.05, 4.69) is 15.0 Å². The first-order chi connectivity index (χ1) is 11.6. The van der Waals surface area contributed by atoms with Crippen LogP contribution in [0.15, 0.2) is 24.3 Å². The third-order valence-corrected chi connectivity index (χ3v) is 4.83. The number of hydrogen-bond donors (Lipinski definition) is 1. The SMILES string of the molecule is Cn1nc2nc(N3CCCCC3)nc(-c3ccccc3Cl)c2c1N. The number of fused-ring (bicyclic) bond motifs is 1. The van der Waals surface area contributed by atoms with Crippen molar-refractivity contribution < 1.29 is 0 Å². The number of aryl methyl sites for hydroxylation is 1. The molecule has 1 aliphatic rings. The minimum Gasteiger partial charge on any atom is -0.383 e. The number of hydrogen-bond acceptors (Lipinski definition) is 5. The van der Waals surface area contributed by atoms with Gasteiger partial charge in [-0.25, -0.2) is 4.98 Å². The molecule has 124 valence electrons. The van der Waals surface area contributed by atoms with Crippen molar-refractivity contribution in [2.75, 3.05) is 23.7 Å². The van der Waals surface area contributed by atoms with E-state index in [1.54, 1.807) is 4.68 Å². The van der Waals surface area contributed by atoms with E-state index < -0.39 is 0 Å². The van der Waals surface area contributed by atoms with Crippen molar-refractivity contribution in [2.24, 2.45) is 7.05 Å². The molecule has 0 saturated carbocycles. The third-order valence-electron chi connectivity index (χ3n) is 4.50. The molecule has 3 aromatic rings. The van der Waals surface area contributed by atoms with Crippen LogP contribution in [0.25, 0.3) is 22.3 Å². The van der Waals surface area contributed by atoms with E-state index in [9.17, 15) is 0 Å². The summed E-state index contributed by atoms with van der Waals surface area (Å²) in [6.45, 7) is 1.94. The second kappa shape index (κ2) is 5.94. The molecule has 0 aliphatic carbocycles. The Kier molecular flexibility index (Phi) is 3.76. The van der Waals surface area contributed by atoms with Crippen molar-refractivity contribution in [1.29, 1.82) is 0 Å². The van der Waals surface area contributed by atoms with Gasteiger partial charge in [-0.2, -0.15) is 10.1 Å². The Morgan fingerprint density at radius 3 is 2.58 bits per heavy atom. The van der Waals surface area contributed by atoms with Crippen molar-refractivity contribution in [3.05, 3.63) is 29.3 Å². The Hall–Kier alpha value is -2.34. The number of nitrogens with two attached hydrogens (primary N) is 1. The summed E-state index contributed by atoms with van der Waals surface area (Å²) in [4.78, 5) is 11.7. The van der Waals surface area contributed by atoms with E-state index in [1.165, 1.54) is 6.42 Å². The molecule has 7 heteroatoms. The Morgan fingerprint density at radius 2 is 1.83 bits per heavy atom. The van der Waals surface area contributed by atoms with Crippen LogP contribution < -0.4 is 10.6 Å². The average Bonchev–Trinajstić information content (AvgIpc) is 2.90. The van der Waals surface area contributed by atoms with Crippen molar-refractivity contribution in [1.82, 2.24) is 19.7 Å². The molecule has 24 heavy (non-hydrogen) atoms. The first kappa shape index (κ1) is 15.2. The van der Waals surface area contributed by atoms with E-state index in [-0.39, 0.29) is 0 Å². The monoisotopic (exact) mass is 342 g/mol. The average molecular weight is 343 g/mol. The maximum atomic E-state index is 6.41. The third kappa shape index (κ3) is 2.47. The topological polar surface area (TPSA) is 72.9 Å². The summed E-state index contributed by atoms with van der Waals surface area (Å²) in [5, 5.41) is 5.85. The number of benzene rings is 1. The lowest BCUT2D eigenvalue weighted by Crippen LogP contribution is -2.31. The highest BCUT2D eigenvalue weighted by Crippen LogP contribution is 2.35. The lowest BCUT2D eigenvalue weighted by atomic mass is 10.1. The fourth-order valence-corrected chi connectivity index (χ4v) is 3.41. The van der Waals surface area contributed by atoms with Crippen LogP contribution in [-0.2, 0) is 7.05 Å². The Bertz CT molecular complexity index is 897. The predicted octanol–water partition coefficient (Wildman–Crippen LogP) is 3.26. The molecule has 0 bridgehead atoms. The number of anilines is 2. The molecule has 2 N–H and O–H groups in total. The highest BCUT2D eigenvalue weighted by molar-refractivity contribution is 6.33. The first-order valence-corrected chi connectivity index (χ1v) is 8.53. The van der Waals surface area contributed by atoms with Gasteiger partial charge in [0.1, 0.15) is 5.82 Å². The number of aromatic nitrogens is 4. The van der Waals surface area contributed by atoms with E-state index in [1.807, 2.05) is 31.3 Å². The van der Waals surface area contributed by atoms with Gasteiger partial charge in [-0.3, -0.25) is 4.68 Å². The second-order valence-corrected chi connectivity index (χ2v) is 6.51. The molecular weight excluding hydrogens is 324 g/mol. The lowest BCUT2D eigenvalue weighted by molar-refractivity contribution is 0.569. The normalized spacial score (nSPS) is 15.2. The van der Waals surface area contributed by atoms with Gasteiger partial charge in [0, 0.05) is 30.7 Å². The van der Waals surface area contributed by atoms with E-state index in [0.717, 1.165) is 42.6 Å². The van der Waals surface area contributed by atoms with Crippen LogP contribution in [0.3, 0.4) is 0 Å². The molecule has 0 amide bonds. The molecule has 0 spiro atoms. The van der Waals surface area contributed by atoms with Crippen LogP contribution in [-0.4, -0.2) is 32.8 Å². The zero-order valence-corrected chi connectivity index (χ0v) is 14.3. The summed E-state index contributed by atoms with van der Waals surface area (Å²) in [6, 6.07) is 7.67. The van der Waals surface area contributed by atoms with Crippen LogP contribution in [0.4, 0.5) is 11.8 Å². The Labute approximate surface area is 145 Å². The summed E-state index contributed by atoms with van der Waals surface area (Å²) >= 11 is 6.41. The van der Waals surface area contributed by atoms with Gasteiger partial charge in [0.2, 0.25) is 5.95 Å². The van der Waals surface area contributed by atoms with Crippen molar-refractivity contribution in [2.45, 2.75) is 19.3 Å². The zero-order valence-electron chi connectivity index (χ0n) is 13.5. The number of piperidine rings is 1. The van der Waals surface area contributed by atoms with Gasteiger partial charge < -0.3 is 10.6 Å². The molecule has 3 heterocycles. The van der Waals surface area contributed by atoms with Gasteiger partial charge in [-0.05, 0) is 25.3 Å². The largest absolute Gasteiger partial charge is 0.383 e. The van der Waals surface area contributed by atoms with Gasteiger partial charge in [0.25, 0.3) is 0 Å². The molecule has 1 aromatic carbocycles. The fraction of sp³-hybridized carbons (Fsp3) is 0.353. The molecular formula is C17H19ClN6. The molecule has 1 fully saturated rings. The van der Waals surface area contributed by atoms with Gasteiger partial charge in [-0.1, -0.05) is 29.8 Å². The summed E-state index contributed by atoms with van der Waals surface area (Å²) < 4.78 is 1.64. The summed E-state index contributed by atoms with van der Waals surface area (Å²) in [7, 11) is 1.81. The van der Waals surface area contributed by atoms with Crippen LogP contribution in [0.2, 0.25) is 5.02 Å². The van der Waals surface area contributed by atoms with Crippen LogP contribution in [0, 0.1) is 0 Å². The van der Waals surface area contributed by atoms with Crippen molar-refractivity contribution in [3.8, 4) is 11.3 Å². The second-order valence-electron chi connectivity index (χ2n) is 6.11. The summed E-state index contributed by atoms with van der Waals surface area (Å²) in [6.07, 6.45) is 3.58. The summed E-state index contributed by atoms with van der Waals surface area (Å²) in [5.41, 5.74) is 8.43. The highest BCUT2D eigenvalue weighted by Gasteiger charge is 2.21. The van der Waals surface area contributed by atoms with Gasteiger partial charge in [-0.15, -0.1) is 0 Å². The lowest BCUT2D eigenvalue weighted by Gasteiger charge is -2.26. The van der Waals surface area contributed by atoms with E-state index >= 15 is 0 Å². The number of nitrogen functional groups attached to an aromatic ring is 1. The molecule has 1 saturated heterocycles. The molecule has 2 aromatic heterocycles. The molecule has 1 aliphatic heterocycles. The number of nitrogens with zero attached hydrogens (tertiary/aromatic N) is 5. The Morgan fingerprint density at radius 1 is 1.08 bits per heavy atom. The predicted molar refractivity (Wildman–Crippen MR) is 97.2 cm³/mol. The van der Waals surface area contributed by atoms with Crippen molar-refractivity contribution in [3.63, 3.8) is 0 Å². The highest BCUT2D eigenvalue weighted by atomic mass is 35.5. The minimum atomic E-state index is 0.546. The van der Waals surface area contributed by atoms with Gasteiger partial charge in [0.05, 0.1) is 11.1 Å². The van der Waals surface area contributed by atoms with Gasteiger partial charge in [0.15, 0.2) is 5.65 Å². The Balaban J connectivity index is 1.97. The van der Waals surface area contributed by atoms with Crippen LogP contribution >= 0.6 is 11.6 Å². The van der Waals surface area contributed by atoms with E-state index in [0.29, 0.717) is 22.4 Å². The van der Waals surface area contributed by atoms with E-state index in [4.69, 9.17) is 22.3 Å². The van der Waals surface area contributed by atoms with Crippen LogP contribution in [0.1, 0.15) is 19.3 Å². The molecule has 0 radical (unpaired) electrons. The smallest absolute Gasteiger partial charge is 0.228 e. The molecule has 4 rings (SSSR count). The first-order valence-electron chi connectivity index (χ1n) is 8.15. The fourth-order valence-electron chi connectivity index (χ4n) is 3.19. The number of rotatable bonds is 2.